The first-order chi connectivity index (χ1) is 19.7. The number of carbonyl (C=O) groups excluding carboxylic acids is 1. The third-order valence-corrected chi connectivity index (χ3v) is 7.35. The smallest absolute Gasteiger partial charge is 0.227 e. The maximum Gasteiger partial charge on any atom is 0.227 e. The maximum absolute atomic E-state index is 16.1. The molecule has 1 aliphatic rings. The van der Waals surface area contributed by atoms with E-state index >= 15 is 4.39 Å². The summed E-state index contributed by atoms with van der Waals surface area (Å²) >= 11 is 0. The number of fused-ring (bicyclic) bond motifs is 2. The van der Waals surface area contributed by atoms with Gasteiger partial charge in [0.2, 0.25) is 5.91 Å². The molecular formula is C29H24FN9O. The fourth-order valence-corrected chi connectivity index (χ4v) is 5.33. The molecule has 6 heterocycles. The van der Waals surface area contributed by atoms with Gasteiger partial charge >= 0.3 is 0 Å². The Bertz CT molecular complexity index is 1860. The van der Waals surface area contributed by atoms with Crippen LogP contribution in [0.25, 0.3) is 56.1 Å². The Morgan fingerprint density at radius 2 is 1.88 bits per heavy atom. The molecule has 0 unspecified atom stereocenters. The zero-order valence-corrected chi connectivity index (χ0v) is 21.4. The normalized spacial score (nSPS) is 14.1. The van der Waals surface area contributed by atoms with Crippen LogP contribution in [0.1, 0.15) is 32.1 Å². The van der Waals surface area contributed by atoms with Crippen LogP contribution in [0.3, 0.4) is 0 Å². The first-order valence-electron chi connectivity index (χ1n) is 13.2. The lowest BCUT2D eigenvalue weighted by Crippen LogP contribution is -2.24. The predicted molar refractivity (Wildman–Crippen MR) is 148 cm³/mol. The third kappa shape index (κ3) is 4.25. The molecule has 0 bridgehead atoms. The molecule has 10 nitrogen and oxygen atoms in total. The molecule has 0 spiro atoms. The molecule has 0 saturated heterocycles. The molecule has 0 radical (unpaired) electrons. The van der Waals surface area contributed by atoms with E-state index in [9.17, 15) is 4.79 Å². The Morgan fingerprint density at radius 3 is 2.73 bits per heavy atom. The van der Waals surface area contributed by atoms with Crippen molar-refractivity contribution < 1.29 is 9.18 Å². The van der Waals surface area contributed by atoms with Crippen molar-refractivity contribution in [2.45, 2.75) is 32.1 Å². The number of nitrogens with zero attached hydrogens (tertiary/aromatic N) is 6. The number of aromatic amines is 2. The molecule has 7 rings (SSSR count). The number of halogens is 1. The van der Waals surface area contributed by atoms with Crippen molar-refractivity contribution in [2.24, 2.45) is 5.92 Å². The van der Waals surface area contributed by atoms with Gasteiger partial charge in [-0.2, -0.15) is 5.10 Å². The van der Waals surface area contributed by atoms with E-state index in [-0.39, 0.29) is 28.4 Å². The maximum atomic E-state index is 16.1. The van der Waals surface area contributed by atoms with Gasteiger partial charge in [0.15, 0.2) is 11.5 Å². The molecule has 6 aromatic rings. The molecule has 1 saturated carbocycles. The van der Waals surface area contributed by atoms with Gasteiger partial charge in [0.05, 0.1) is 28.5 Å². The molecule has 1 fully saturated rings. The van der Waals surface area contributed by atoms with Gasteiger partial charge in [0.25, 0.3) is 0 Å². The van der Waals surface area contributed by atoms with Crippen molar-refractivity contribution in [3.63, 3.8) is 0 Å². The van der Waals surface area contributed by atoms with E-state index in [0.717, 1.165) is 31.2 Å². The van der Waals surface area contributed by atoms with Crippen LogP contribution < -0.4 is 5.32 Å². The van der Waals surface area contributed by atoms with Gasteiger partial charge in [-0.3, -0.25) is 24.8 Å². The van der Waals surface area contributed by atoms with Crippen molar-refractivity contribution in [3.05, 3.63) is 67.1 Å². The SMILES string of the molecule is O=C(Nc1cncc(-c2cnc3[nH]nc(-c4nc5c(-c6ccccn6)nccc5[nH]4)c3c2F)c1)C1CCCCC1. The van der Waals surface area contributed by atoms with E-state index in [4.69, 9.17) is 4.98 Å². The first-order valence-corrected chi connectivity index (χ1v) is 13.2. The van der Waals surface area contributed by atoms with Crippen LogP contribution in [0.15, 0.2) is 61.3 Å². The fraction of sp³-hybridized carbons (Fsp3) is 0.207. The van der Waals surface area contributed by atoms with Crippen molar-refractivity contribution >= 4 is 33.7 Å². The summed E-state index contributed by atoms with van der Waals surface area (Å²) in [5, 5.41) is 10.3. The zero-order valence-electron chi connectivity index (χ0n) is 21.4. The molecule has 3 N–H and O–H groups in total. The van der Waals surface area contributed by atoms with Crippen LogP contribution in [0.2, 0.25) is 0 Å². The summed E-state index contributed by atoms with van der Waals surface area (Å²) in [6.07, 6.45) is 13.0. The van der Waals surface area contributed by atoms with E-state index in [1.54, 1.807) is 36.9 Å². The van der Waals surface area contributed by atoms with E-state index < -0.39 is 5.82 Å². The summed E-state index contributed by atoms with van der Waals surface area (Å²) in [6.45, 7) is 0. The van der Waals surface area contributed by atoms with Crippen LogP contribution in [-0.2, 0) is 4.79 Å². The minimum atomic E-state index is -0.519. The summed E-state index contributed by atoms with van der Waals surface area (Å²) < 4.78 is 16.1. The molecule has 0 atom stereocenters. The molecule has 11 heteroatoms. The number of anilines is 1. The summed E-state index contributed by atoms with van der Waals surface area (Å²) in [5.41, 5.74) is 4.43. The Morgan fingerprint density at radius 1 is 0.975 bits per heavy atom. The monoisotopic (exact) mass is 533 g/mol. The standard InChI is InChI=1S/C29H24FN9O/c30-23-19(17-12-18(14-31-13-17)35-29(40)16-6-2-1-3-7-16)15-34-27-22(23)26(38-39-27)28-36-21-9-11-33-24(25(21)37-28)20-8-4-5-10-32-20/h4-5,8-16H,1-3,6-7H2,(H,35,40)(H,36,37)(H,34,38,39). The van der Waals surface area contributed by atoms with Crippen LogP contribution in [-0.4, -0.2) is 46.0 Å². The lowest BCUT2D eigenvalue weighted by atomic mass is 9.88. The Balaban J connectivity index is 1.26. The quantitative estimate of drug-likeness (QED) is 0.259. The van der Waals surface area contributed by atoms with Gasteiger partial charge in [-0.05, 0) is 37.1 Å². The van der Waals surface area contributed by atoms with Gasteiger partial charge in [-0.15, -0.1) is 0 Å². The van der Waals surface area contributed by atoms with Crippen LogP contribution in [0.5, 0.6) is 0 Å². The Labute approximate surface area is 227 Å². The molecule has 0 aromatic carbocycles. The number of hydrogen-bond acceptors (Lipinski definition) is 7. The van der Waals surface area contributed by atoms with Gasteiger partial charge in [-0.1, -0.05) is 25.3 Å². The van der Waals surface area contributed by atoms with Crippen molar-refractivity contribution in [3.8, 4) is 34.0 Å². The second-order valence-electron chi connectivity index (χ2n) is 9.92. The summed E-state index contributed by atoms with van der Waals surface area (Å²) in [5.74, 6) is -0.169. The van der Waals surface area contributed by atoms with Crippen molar-refractivity contribution in [1.29, 1.82) is 0 Å². The van der Waals surface area contributed by atoms with Gasteiger partial charge in [0.1, 0.15) is 22.7 Å². The highest BCUT2D eigenvalue weighted by molar-refractivity contribution is 5.97. The average Bonchev–Trinajstić information content (AvgIpc) is 3.63. The summed E-state index contributed by atoms with van der Waals surface area (Å²) in [6, 6.07) is 9.08. The largest absolute Gasteiger partial charge is 0.336 e. The number of amides is 1. The topological polar surface area (TPSA) is 138 Å². The molecule has 0 aliphatic heterocycles. The number of rotatable bonds is 5. The number of imidazole rings is 1. The number of H-pyrrole nitrogens is 2. The minimum absolute atomic E-state index is 0.00200. The van der Waals surface area contributed by atoms with E-state index in [1.165, 1.54) is 12.6 Å². The second-order valence-corrected chi connectivity index (χ2v) is 9.92. The fourth-order valence-electron chi connectivity index (χ4n) is 5.33. The number of hydrogen-bond donors (Lipinski definition) is 3. The molecule has 1 amide bonds. The molecular weight excluding hydrogens is 509 g/mol. The van der Waals surface area contributed by atoms with E-state index in [2.05, 4.69) is 40.4 Å². The highest BCUT2D eigenvalue weighted by atomic mass is 19.1. The van der Waals surface area contributed by atoms with Crippen LogP contribution >= 0.6 is 0 Å². The Kier molecular flexibility index (Phi) is 5.95. The van der Waals surface area contributed by atoms with Gasteiger partial charge in [0, 0.05) is 41.8 Å². The third-order valence-electron chi connectivity index (χ3n) is 7.35. The summed E-state index contributed by atoms with van der Waals surface area (Å²) in [7, 11) is 0. The molecule has 198 valence electrons. The number of pyridine rings is 4. The Hall–Kier alpha value is -5.06. The van der Waals surface area contributed by atoms with E-state index in [1.807, 2.05) is 18.2 Å². The zero-order chi connectivity index (χ0) is 27.1. The summed E-state index contributed by atoms with van der Waals surface area (Å²) in [4.78, 5) is 38.2. The average molecular weight is 534 g/mol. The highest BCUT2D eigenvalue weighted by Gasteiger charge is 2.23. The highest BCUT2D eigenvalue weighted by Crippen LogP contribution is 2.34. The number of carbonyl (C=O) groups is 1. The molecule has 1 aliphatic carbocycles. The van der Waals surface area contributed by atoms with Gasteiger partial charge < -0.3 is 10.3 Å². The van der Waals surface area contributed by atoms with E-state index in [0.29, 0.717) is 39.7 Å². The van der Waals surface area contributed by atoms with Crippen molar-refractivity contribution in [2.75, 3.05) is 5.32 Å². The van der Waals surface area contributed by atoms with Crippen LogP contribution in [0.4, 0.5) is 10.1 Å². The lowest BCUT2D eigenvalue weighted by molar-refractivity contribution is -0.120. The molecule has 6 aromatic heterocycles. The number of aromatic nitrogens is 8. The van der Waals surface area contributed by atoms with Gasteiger partial charge in [-0.25, -0.2) is 14.4 Å². The minimum Gasteiger partial charge on any atom is -0.336 e. The van der Waals surface area contributed by atoms with Crippen molar-refractivity contribution in [1.82, 2.24) is 40.1 Å². The molecule has 40 heavy (non-hydrogen) atoms. The second kappa shape index (κ2) is 9.92. The lowest BCUT2D eigenvalue weighted by Gasteiger charge is -2.20. The number of nitrogens with one attached hydrogen (secondary N) is 3. The first kappa shape index (κ1) is 24.0. The van der Waals surface area contributed by atoms with Crippen LogP contribution in [0, 0.1) is 11.7 Å². The predicted octanol–water partition coefficient (Wildman–Crippen LogP) is 5.68.